The van der Waals surface area contributed by atoms with Crippen LogP contribution >= 0.6 is 0 Å². The lowest BCUT2D eigenvalue weighted by atomic mass is 9.81. The average molecular weight is 1240 g/mol. The number of ketones is 1. The van der Waals surface area contributed by atoms with Crippen LogP contribution in [0.3, 0.4) is 0 Å². The summed E-state index contributed by atoms with van der Waals surface area (Å²) in [7, 11) is 4.64. The lowest BCUT2D eigenvalue weighted by Gasteiger charge is -2.25. The Morgan fingerprint density at radius 2 is 1.01 bits per heavy atom. The largest absolute Gasteiger partial charge is 0.497 e. The molecule has 12 rings (SSSR count). The first-order chi connectivity index (χ1) is 43.7. The molecule has 0 radical (unpaired) electrons. The number of nitrogens with one attached hydrogen (secondary N) is 2. The third-order valence-electron chi connectivity index (χ3n) is 17.7. The van der Waals surface area contributed by atoms with Gasteiger partial charge in [0, 0.05) is 68.3 Å². The minimum Gasteiger partial charge on any atom is -0.497 e. The van der Waals surface area contributed by atoms with E-state index in [1.165, 1.54) is 87.3 Å². The van der Waals surface area contributed by atoms with Crippen LogP contribution in [-0.4, -0.2) is 95.5 Å². The maximum Gasteiger partial charge on any atom is 0.373 e. The molecule has 0 bridgehead atoms. The first-order valence-electron chi connectivity index (χ1n) is 31.1. The Morgan fingerprint density at radius 3 is 1.42 bits per heavy atom. The van der Waals surface area contributed by atoms with E-state index in [2.05, 4.69) is 38.0 Å². The average Bonchev–Trinajstić information content (AvgIpc) is 1.60. The SMILES string of the molecule is COC(=O)c1ccc(CC(=O)C(C)(C)NC(=O)c2ccc3c(C4CCCCC4)c4n(c3c2)CCOc2cc(OC)ccc2-4)cc1.COc1ccc2c(c1)OCCn1c-2c(C2CCCCC2)c2ccc(C(=O)NC(C)(C)C(=O)O)cc21.Cc1ccc(N)cc1.O=C=O. The molecule has 91 heavy (non-hydrogen) atoms. The number of amides is 2. The number of rotatable bonds is 13. The topological polar surface area (TPSA) is 246 Å². The fourth-order valence-electron chi connectivity index (χ4n) is 12.8. The van der Waals surface area contributed by atoms with E-state index in [9.17, 15) is 29.1 Å². The minimum atomic E-state index is -1.36. The molecule has 0 spiro atoms. The van der Waals surface area contributed by atoms with Gasteiger partial charge in [-0.3, -0.25) is 14.4 Å². The Hall–Kier alpha value is -9.67. The van der Waals surface area contributed by atoms with E-state index in [0.717, 1.165) is 93.2 Å². The maximum absolute atomic E-state index is 13.7. The third-order valence-corrected chi connectivity index (χ3v) is 17.7. The number of carboxylic acid groups (broad SMARTS) is 1. The lowest BCUT2D eigenvalue weighted by Crippen LogP contribution is -2.50. The molecule has 4 aliphatic rings. The Kier molecular flexibility index (Phi) is 20.9. The predicted octanol–water partition coefficient (Wildman–Crippen LogP) is 13.2. The molecule has 6 aromatic carbocycles. The number of Topliss-reactive ketones (excluding diaryl/α,β-unsaturated/α-hetero) is 1. The first kappa shape index (κ1) is 65.8. The molecular formula is C73H81N5O13. The molecule has 18 heteroatoms. The van der Waals surface area contributed by atoms with E-state index in [4.69, 9.17) is 39.0 Å². The first-order valence-corrected chi connectivity index (χ1v) is 31.1. The number of anilines is 1. The molecule has 2 aromatic heterocycles. The number of esters is 1. The van der Waals surface area contributed by atoms with Crippen molar-refractivity contribution in [2.75, 3.05) is 40.3 Å². The van der Waals surface area contributed by atoms with Crippen LogP contribution in [0.1, 0.15) is 157 Å². The number of nitrogen functional groups attached to an aromatic ring is 1. The van der Waals surface area contributed by atoms with Gasteiger partial charge in [-0.25, -0.2) is 9.59 Å². The van der Waals surface area contributed by atoms with Crippen molar-refractivity contribution >= 4 is 63.2 Å². The van der Waals surface area contributed by atoms with Crippen LogP contribution in [0.15, 0.2) is 121 Å². The smallest absolute Gasteiger partial charge is 0.373 e. The van der Waals surface area contributed by atoms with Crippen molar-refractivity contribution in [3.05, 3.63) is 160 Å². The number of nitrogens with zero attached hydrogens (tertiary/aromatic N) is 2. The van der Waals surface area contributed by atoms with Gasteiger partial charge in [0.25, 0.3) is 11.8 Å². The van der Waals surface area contributed by atoms with Crippen LogP contribution < -0.4 is 35.3 Å². The lowest BCUT2D eigenvalue weighted by molar-refractivity contribution is -0.191. The van der Waals surface area contributed by atoms with Gasteiger partial charge in [0.2, 0.25) is 0 Å². The van der Waals surface area contributed by atoms with E-state index in [1.807, 2.05) is 85.8 Å². The highest BCUT2D eigenvalue weighted by Gasteiger charge is 2.35. The highest BCUT2D eigenvalue weighted by molar-refractivity contribution is 6.05. The highest BCUT2D eigenvalue weighted by Crippen LogP contribution is 2.50. The molecule has 0 unspecified atom stereocenters. The van der Waals surface area contributed by atoms with Crippen LogP contribution in [0.25, 0.3) is 44.3 Å². The molecule has 4 heterocycles. The predicted molar refractivity (Wildman–Crippen MR) is 348 cm³/mol. The summed E-state index contributed by atoms with van der Waals surface area (Å²) in [5.74, 6) is 1.67. The number of carbonyl (C=O) groups is 5. The van der Waals surface area contributed by atoms with Gasteiger partial charge in [0.05, 0.1) is 56.9 Å². The van der Waals surface area contributed by atoms with E-state index in [1.54, 1.807) is 52.3 Å². The molecule has 476 valence electrons. The molecule has 2 amide bonds. The minimum absolute atomic E-state index is 0.120. The summed E-state index contributed by atoms with van der Waals surface area (Å²) in [5.41, 5.74) is 16.2. The third kappa shape index (κ3) is 14.8. The Labute approximate surface area is 530 Å². The number of fused-ring (bicyclic) bond motifs is 10. The summed E-state index contributed by atoms with van der Waals surface area (Å²) in [6.07, 6.45) is 12.3. The molecule has 18 nitrogen and oxygen atoms in total. The molecule has 5 N–H and O–H groups in total. The van der Waals surface area contributed by atoms with Crippen molar-refractivity contribution < 1.29 is 62.4 Å². The van der Waals surface area contributed by atoms with E-state index in [0.29, 0.717) is 54.8 Å². The van der Waals surface area contributed by atoms with Crippen LogP contribution in [0, 0.1) is 6.92 Å². The monoisotopic (exact) mass is 1240 g/mol. The molecule has 2 aliphatic heterocycles. The fraction of sp³-hybridized carbons (Fsp3) is 0.370. The Bertz CT molecular complexity index is 3990. The summed E-state index contributed by atoms with van der Waals surface area (Å²) in [5, 5.41) is 17.4. The maximum atomic E-state index is 13.7. The quantitative estimate of drug-likeness (QED) is 0.0620. The molecule has 8 aromatic rings. The Morgan fingerprint density at radius 1 is 0.582 bits per heavy atom. The summed E-state index contributed by atoms with van der Waals surface area (Å²) in [4.78, 5) is 79.5. The van der Waals surface area contributed by atoms with Gasteiger partial charge in [-0.05, 0) is 162 Å². The van der Waals surface area contributed by atoms with Crippen molar-refractivity contribution in [2.45, 2.75) is 141 Å². The van der Waals surface area contributed by atoms with Crippen molar-refractivity contribution in [3.63, 3.8) is 0 Å². The zero-order valence-corrected chi connectivity index (χ0v) is 53.1. The van der Waals surface area contributed by atoms with Crippen molar-refractivity contribution in [3.8, 4) is 45.5 Å². The van der Waals surface area contributed by atoms with E-state index >= 15 is 0 Å². The van der Waals surface area contributed by atoms with Gasteiger partial charge < -0.3 is 54.3 Å². The molecule has 2 aliphatic carbocycles. The number of ether oxygens (including phenoxy) is 5. The number of carboxylic acids is 1. The number of methoxy groups -OCH3 is 3. The van der Waals surface area contributed by atoms with Crippen molar-refractivity contribution in [1.82, 2.24) is 19.8 Å². The molecule has 2 fully saturated rings. The fourth-order valence-corrected chi connectivity index (χ4v) is 12.8. The number of aliphatic carboxylic acids is 1. The normalized spacial score (nSPS) is 14.5. The van der Waals surface area contributed by atoms with Gasteiger partial charge in [-0.15, -0.1) is 0 Å². The molecule has 2 saturated carbocycles. The second-order valence-electron chi connectivity index (χ2n) is 24.6. The number of nitrogens with two attached hydrogens (primary N) is 1. The highest BCUT2D eigenvalue weighted by atomic mass is 16.5. The number of hydrogen-bond acceptors (Lipinski definition) is 13. The standard InChI is InChI=1S/C37H40N2O6.C28H32N2O5.C7H9N.CO2/c1-37(2,32(40)20-23-10-12-25(13-11-23)36(42)44-4)38-35(41)26-14-16-28-30(21-26)39-18-19-45-31-22-27(43-3)15-17-29(31)34(39)33(28)24-8-6-5-7-9-24;1-28(2,27(32)33)29-26(31)18-9-11-20-22(15-18)30-13-14-35-23-16-19(34-3)10-12-21(23)25(30)24(20)17-7-5-4-6-8-17;1-6-2-4-7(8)5-3-6;2-1-3/h10-17,21-22,24H,5-9,18-20H2,1-4H3,(H,38,41);9-12,15-17H,4-8,13-14H2,1-3H3,(H,29,31)(H,32,33);2-5H,8H2,1H3;. The van der Waals surface area contributed by atoms with Gasteiger partial charge in [-0.1, -0.05) is 80.5 Å². The molecular weight excluding hydrogens is 1150 g/mol. The van der Waals surface area contributed by atoms with E-state index in [-0.39, 0.29) is 24.3 Å². The van der Waals surface area contributed by atoms with Gasteiger partial charge in [0.15, 0.2) is 5.78 Å². The number of benzene rings is 6. The zero-order valence-electron chi connectivity index (χ0n) is 53.1. The zero-order chi connectivity index (χ0) is 65.1. The van der Waals surface area contributed by atoms with Crippen LogP contribution in [0.4, 0.5) is 5.69 Å². The number of aromatic nitrogens is 2. The van der Waals surface area contributed by atoms with Gasteiger partial charge >= 0.3 is 18.1 Å². The van der Waals surface area contributed by atoms with Gasteiger partial charge in [0.1, 0.15) is 41.8 Å². The summed E-state index contributed by atoms with van der Waals surface area (Å²) in [6, 6.07) is 38.2. The summed E-state index contributed by atoms with van der Waals surface area (Å²) in [6.45, 7) is 10.8. The number of hydrogen-bond donors (Lipinski definition) is 4. The Balaban J connectivity index is 0.000000188. The molecule has 0 saturated heterocycles. The second-order valence-corrected chi connectivity index (χ2v) is 24.6. The molecule has 0 atom stereocenters. The van der Waals surface area contributed by atoms with E-state index < -0.39 is 28.9 Å². The second kappa shape index (κ2) is 28.9. The van der Waals surface area contributed by atoms with Crippen LogP contribution in [-0.2, 0) is 43.4 Å². The number of carbonyl (C=O) groups excluding carboxylic acids is 6. The number of aryl methyl sites for hydroxylation is 1. The van der Waals surface area contributed by atoms with Gasteiger partial charge in [-0.2, -0.15) is 9.59 Å². The van der Waals surface area contributed by atoms with Crippen molar-refractivity contribution in [2.24, 2.45) is 0 Å². The summed E-state index contributed by atoms with van der Waals surface area (Å²) < 4.78 is 32.6. The summed E-state index contributed by atoms with van der Waals surface area (Å²) >= 11 is 0. The van der Waals surface area contributed by atoms with Crippen LogP contribution in [0.5, 0.6) is 23.0 Å². The van der Waals surface area contributed by atoms with Crippen LogP contribution in [0.2, 0.25) is 0 Å². The van der Waals surface area contributed by atoms with Crippen molar-refractivity contribution in [1.29, 1.82) is 0 Å².